The Morgan fingerprint density at radius 1 is 1.38 bits per heavy atom. The van der Waals surface area contributed by atoms with Crippen LogP contribution in [0.3, 0.4) is 0 Å². The summed E-state index contributed by atoms with van der Waals surface area (Å²) in [5.74, 6) is 1.14. The molecule has 2 heterocycles. The van der Waals surface area contributed by atoms with Crippen LogP contribution in [0, 0.1) is 5.41 Å². The number of aliphatic imine (C=N–C) groups is 1. The second kappa shape index (κ2) is 3.20. The molecule has 0 amide bonds. The van der Waals surface area contributed by atoms with Crippen molar-refractivity contribution in [2.75, 3.05) is 26.2 Å². The van der Waals surface area contributed by atoms with E-state index in [1.807, 2.05) is 0 Å². The molecular weight excluding hydrogens is 162 g/mol. The first-order chi connectivity index (χ1) is 6.29. The molecule has 0 unspecified atom stereocenters. The van der Waals surface area contributed by atoms with Crippen LogP contribution in [-0.2, 0) is 0 Å². The highest BCUT2D eigenvalue weighted by Crippen LogP contribution is 2.36. The molecule has 1 N–H and O–H groups in total. The standard InChI is InChI=1S/C10H19N3/c1-3-10(4-2)7-13(8-10)9-11-5-6-12-9/h3-8H2,1-2H3,(H,11,12). The molecule has 0 saturated carbocycles. The summed E-state index contributed by atoms with van der Waals surface area (Å²) in [5, 5.41) is 3.32. The molecule has 0 radical (unpaired) electrons. The number of hydrogen-bond acceptors (Lipinski definition) is 3. The number of likely N-dealkylation sites (tertiary alicyclic amines) is 1. The van der Waals surface area contributed by atoms with Crippen molar-refractivity contribution in [3.8, 4) is 0 Å². The summed E-state index contributed by atoms with van der Waals surface area (Å²) in [5.41, 5.74) is 0.590. The Hall–Kier alpha value is -0.730. The molecular formula is C10H19N3. The van der Waals surface area contributed by atoms with Crippen molar-refractivity contribution in [3.05, 3.63) is 0 Å². The number of nitrogens with one attached hydrogen (secondary N) is 1. The fourth-order valence-electron chi connectivity index (χ4n) is 2.21. The van der Waals surface area contributed by atoms with E-state index in [1.54, 1.807) is 0 Å². The quantitative estimate of drug-likeness (QED) is 0.690. The molecule has 3 nitrogen and oxygen atoms in total. The number of hydrogen-bond donors (Lipinski definition) is 1. The van der Waals surface area contributed by atoms with Crippen molar-refractivity contribution < 1.29 is 0 Å². The molecule has 2 aliphatic heterocycles. The molecule has 2 rings (SSSR count). The minimum atomic E-state index is 0.590. The summed E-state index contributed by atoms with van der Waals surface area (Å²) < 4.78 is 0. The van der Waals surface area contributed by atoms with Crippen LogP contribution < -0.4 is 5.32 Å². The maximum Gasteiger partial charge on any atom is 0.194 e. The average Bonchev–Trinajstić information content (AvgIpc) is 2.57. The van der Waals surface area contributed by atoms with E-state index in [9.17, 15) is 0 Å². The van der Waals surface area contributed by atoms with Crippen LogP contribution in [0.1, 0.15) is 26.7 Å². The molecule has 0 aromatic rings. The summed E-state index contributed by atoms with van der Waals surface area (Å²) in [4.78, 5) is 6.80. The molecule has 1 saturated heterocycles. The largest absolute Gasteiger partial charge is 0.354 e. The Balaban J connectivity index is 1.89. The van der Waals surface area contributed by atoms with Crippen LogP contribution in [0.4, 0.5) is 0 Å². The topological polar surface area (TPSA) is 27.6 Å². The van der Waals surface area contributed by atoms with E-state index < -0.39 is 0 Å². The van der Waals surface area contributed by atoms with Crippen molar-refractivity contribution in [3.63, 3.8) is 0 Å². The normalized spacial score (nSPS) is 25.1. The maximum absolute atomic E-state index is 4.42. The molecule has 13 heavy (non-hydrogen) atoms. The van der Waals surface area contributed by atoms with Gasteiger partial charge in [0.1, 0.15) is 0 Å². The summed E-state index contributed by atoms with van der Waals surface area (Å²) in [7, 11) is 0. The lowest BCUT2D eigenvalue weighted by atomic mass is 9.75. The Morgan fingerprint density at radius 3 is 2.54 bits per heavy atom. The molecule has 0 atom stereocenters. The monoisotopic (exact) mass is 181 g/mol. The van der Waals surface area contributed by atoms with E-state index in [0.29, 0.717) is 5.41 Å². The molecule has 0 spiro atoms. The van der Waals surface area contributed by atoms with Crippen LogP contribution >= 0.6 is 0 Å². The van der Waals surface area contributed by atoms with Gasteiger partial charge in [0.2, 0.25) is 0 Å². The van der Waals surface area contributed by atoms with E-state index >= 15 is 0 Å². The van der Waals surface area contributed by atoms with Crippen LogP contribution in [0.15, 0.2) is 4.99 Å². The Labute approximate surface area is 80.2 Å². The Bertz CT molecular complexity index is 210. The fourth-order valence-corrected chi connectivity index (χ4v) is 2.21. The Morgan fingerprint density at radius 2 is 2.08 bits per heavy atom. The van der Waals surface area contributed by atoms with Gasteiger partial charge in [0, 0.05) is 25.0 Å². The smallest absolute Gasteiger partial charge is 0.194 e. The summed E-state index contributed by atoms with van der Waals surface area (Å²) in [6, 6.07) is 0. The highest BCUT2D eigenvalue weighted by molar-refractivity contribution is 5.82. The first kappa shape index (κ1) is 8.85. The van der Waals surface area contributed by atoms with Gasteiger partial charge < -0.3 is 10.2 Å². The SMILES string of the molecule is CCC1(CC)CN(C2=NCCN2)C1. The summed E-state index contributed by atoms with van der Waals surface area (Å²) in [6.45, 7) is 8.97. The molecule has 3 heteroatoms. The second-order valence-corrected chi connectivity index (χ2v) is 4.20. The van der Waals surface area contributed by atoms with E-state index in [-0.39, 0.29) is 0 Å². The second-order valence-electron chi connectivity index (χ2n) is 4.20. The number of rotatable bonds is 2. The first-order valence-corrected chi connectivity index (χ1v) is 5.33. The highest BCUT2D eigenvalue weighted by Gasteiger charge is 2.41. The van der Waals surface area contributed by atoms with Gasteiger partial charge in [-0.05, 0) is 12.8 Å². The lowest BCUT2D eigenvalue weighted by molar-refractivity contribution is 0.0482. The third kappa shape index (κ3) is 1.40. The summed E-state index contributed by atoms with van der Waals surface area (Å²) in [6.07, 6.45) is 2.60. The van der Waals surface area contributed by atoms with Crippen LogP contribution in [0.5, 0.6) is 0 Å². The van der Waals surface area contributed by atoms with Gasteiger partial charge in [-0.15, -0.1) is 0 Å². The van der Waals surface area contributed by atoms with Gasteiger partial charge in [-0.1, -0.05) is 13.8 Å². The van der Waals surface area contributed by atoms with Crippen molar-refractivity contribution in [1.82, 2.24) is 10.2 Å². The average molecular weight is 181 g/mol. The fraction of sp³-hybridized carbons (Fsp3) is 0.900. The molecule has 2 aliphatic rings. The lowest BCUT2D eigenvalue weighted by Gasteiger charge is -2.50. The first-order valence-electron chi connectivity index (χ1n) is 5.33. The number of guanidine groups is 1. The predicted octanol–water partition coefficient (Wildman–Crippen LogP) is 1.07. The van der Waals surface area contributed by atoms with Crippen molar-refractivity contribution >= 4 is 5.96 Å². The van der Waals surface area contributed by atoms with Crippen molar-refractivity contribution in [2.45, 2.75) is 26.7 Å². The highest BCUT2D eigenvalue weighted by atomic mass is 15.4. The molecule has 0 aromatic carbocycles. The van der Waals surface area contributed by atoms with Crippen LogP contribution in [-0.4, -0.2) is 37.0 Å². The van der Waals surface area contributed by atoms with E-state index in [2.05, 4.69) is 29.1 Å². The predicted molar refractivity (Wildman–Crippen MR) is 54.9 cm³/mol. The van der Waals surface area contributed by atoms with Gasteiger partial charge >= 0.3 is 0 Å². The molecule has 0 aromatic heterocycles. The van der Waals surface area contributed by atoms with Gasteiger partial charge in [0.15, 0.2) is 5.96 Å². The van der Waals surface area contributed by atoms with E-state index in [1.165, 1.54) is 25.9 Å². The molecule has 1 fully saturated rings. The maximum atomic E-state index is 4.42. The van der Waals surface area contributed by atoms with Crippen molar-refractivity contribution in [1.29, 1.82) is 0 Å². The number of nitrogens with zero attached hydrogens (tertiary/aromatic N) is 2. The third-order valence-corrected chi connectivity index (χ3v) is 3.51. The van der Waals surface area contributed by atoms with Crippen LogP contribution in [0.25, 0.3) is 0 Å². The van der Waals surface area contributed by atoms with Gasteiger partial charge in [-0.2, -0.15) is 0 Å². The molecule has 0 bridgehead atoms. The minimum absolute atomic E-state index is 0.590. The molecule has 74 valence electrons. The molecule has 0 aliphatic carbocycles. The summed E-state index contributed by atoms with van der Waals surface area (Å²) >= 11 is 0. The lowest BCUT2D eigenvalue weighted by Crippen LogP contribution is -2.60. The zero-order chi connectivity index (χ0) is 9.31. The minimum Gasteiger partial charge on any atom is -0.354 e. The van der Waals surface area contributed by atoms with Gasteiger partial charge in [-0.25, -0.2) is 0 Å². The zero-order valence-electron chi connectivity index (χ0n) is 8.64. The van der Waals surface area contributed by atoms with E-state index in [4.69, 9.17) is 0 Å². The third-order valence-electron chi connectivity index (χ3n) is 3.51. The Kier molecular flexibility index (Phi) is 2.18. The van der Waals surface area contributed by atoms with E-state index in [0.717, 1.165) is 19.0 Å². The van der Waals surface area contributed by atoms with Gasteiger partial charge in [0.25, 0.3) is 0 Å². The van der Waals surface area contributed by atoms with Crippen LogP contribution in [0.2, 0.25) is 0 Å². The van der Waals surface area contributed by atoms with Crippen molar-refractivity contribution in [2.24, 2.45) is 10.4 Å². The zero-order valence-corrected chi connectivity index (χ0v) is 8.64. The van der Waals surface area contributed by atoms with Gasteiger partial charge in [0.05, 0.1) is 6.54 Å². The van der Waals surface area contributed by atoms with Gasteiger partial charge in [-0.3, -0.25) is 4.99 Å².